The van der Waals surface area contributed by atoms with E-state index in [1.54, 1.807) is 10.8 Å². The molecule has 0 saturated heterocycles. The van der Waals surface area contributed by atoms with Gasteiger partial charge in [-0.05, 0) is 62.3 Å². The molecule has 0 atom stereocenters. The molecule has 5 N–H and O–H groups in total. The summed E-state index contributed by atoms with van der Waals surface area (Å²) in [5, 5.41) is 3.43. The summed E-state index contributed by atoms with van der Waals surface area (Å²) in [7, 11) is -12.9. The number of phosphoric ester groups is 1. The van der Waals surface area contributed by atoms with Crippen LogP contribution < -0.4 is 5.32 Å². The molecule has 0 aliphatic heterocycles. The molecule has 13 nitrogen and oxygen atoms in total. The minimum Gasteiger partial charge on any atom is -0.356 e. The van der Waals surface area contributed by atoms with E-state index in [1.165, 1.54) is 18.2 Å². The molecule has 0 unspecified atom stereocenters. The number of carbonyl (C=O) groups is 1. The Morgan fingerprint density at radius 1 is 0.974 bits per heavy atom. The molecule has 2 rings (SSSR count). The lowest BCUT2D eigenvalue weighted by molar-refractivity contribution is -0.121. The van der Waals surface area contributed by atoms with E-state index in [9.17, 15) is 30.7 Å². The molecule has 1 amide bonds. The summed E-state index contributed by atoms with van der Waals surface area (Å²) >= 11 is 0. The molecule has 1 aromatic heterocycles. The van der Waals surface area contributed by atoms with Gasteiger partial charge in [0, 0.05) is 36.6 Å². The number of rotatable bonds is 18. The van der Waals surface area contributed by atoms with Gasteiger partial charge in [0.1, 0.15) is 0 Å². The second kappa shape index (κ2) is 14.5. The Morgan fingerprint density at radius 3 is 2.34 bits per heavy atom. The number of phosphoric acid groups is 1. The van der Waals surface area contributed by atoms with E-state index in [2.05, 4.69) is 9.84 Å². The number of carbonyl (C=O) groups excluding carboxylic acids is 1. The van der Waals surface area contributed by atoms with Crippen LogP contribution in [0.3, 0.4) is 0 Å². The van der Waals surface area contributed by atoms with E-state index in [-0.39, 0.29) is 30.4 Å². The maximum absolute atomic E-state index is 12.1. The Kier molecular flexibility index (Phi) is 12.4. The van der Waals surface area contributed by atoms with Gasteiger partial charge in [-0.25, -0.2) is 4.57 Å². The molecule has 0 fully saturated rings. The van der Waals surface area contributed by atoms with Crippen molar-refractivity contribution < 1.29 is 49.6 Å². The summed E-state index contributed by atoms with van der Waals surface area (Å²) in [5.74, 6) is -0.512. The second-order valence-electron chi connectivity index (χ2n) is 8.94. The third kappa shape index (κ3) is 12.3. The number of hydrogen-bond donors (Lipinski definition) is 5. The number of amides is 1. The maximum Gasteiger partial charge on any atom is 0.469 e. The second-order valence-corrected chi connectivity index (χ2v) is 13.2. The molecule has 0 saturated carbocycles. The van der Waals surface area contributed by atoms with Gasteiger partial charge >= 0.3 is 7.82 Å². The first-order valence-electron chi connectivity index (χ1n) is 12.2. The number of hydrogen-bond acceptors (Lipinski definition) is 7. The molecule has 16 heteroatoms. The van der Waals surface area contributed by atoms with Crippen LogP contribution in [0.1, 0.15) is 56.9 Å². The van der Waals surface area contributed by atoms with Crippen LogP contribution in [0.15, 0.2) is 29.3 Å². The van der Waals surface area contributed by atoms with Gasteiger partial charge in [-0.15, -0.1) is 0 Å². The molecule has 0 spiro atoms. The molecular weight excluding hydrogens is 563 g/mol. The number of fused-ring (bicyclic) bond motifs is 1. The fourth-order valence-electron chi connectivity index (χ4n) is 3.99. The van der Waals surface area contributed by atoms with Gasteiger partial charge in [0.15, 0.2) is 0 Å². The molecule has 0 aliphatic carbocycles. The van der Waals surface area contributed by atoms with Crippen LogP contribution in [0.2, 0.25) is 0 Å². The average molecular weight is 599 g/mol. The lowest BCUT2D eigenvalue weighted by Gasteiger charge is -2.06. The molecule has 0 bridgehead atoms. The van der Waals surface area contributed by atoms with Gasteiger partial charge in [0.05, 0.1) is 17.3 Å². The van der Waals surface area contributed by atoms with Crippen molar-refractivity contribution in [3.63, 3.8) is 0 Å². The third-order valence-electron chi connectivity index (χ3n) is 5.79. The Labute approximate surface area is 222 Å². The highest BCUT2D eigenvalue weighted by Gasteiger charge is 2.16. The Morgan fingerprint density at radius 2 is 1.68 bits per heavy atom. The van der Waals surface area contributed by atoms with Crippen molar-refractivity contribution >= 4 is 44.9 Å². The van der Waals surface area contributed by atoms with Crippen LogP contribution in [0.4, 0.5) is 0 Å². The standard InChI is InChI=1S/C22H35N2O11PS2/c25-22(23-12-5-1-2-6-14-35-36(26,27)28)9-4-3-8-18-17-24(13-7-15-37(29,30)31)21-11-10-19(16-20(18)21)38(32,33)34/h10-11,16-17H,1-9,12-15H2,(H,23,25)(H2,26,27,28)(H,29,30,31)(H,32,33,34). The predicted octanol–water partition coefficient (Wildman–Crippen LogP) is 2.66. The summed E-state index contributed by atoms with van der Waals surface area (Å²) < 4.78 is 80.4. The van der Waals surface area contributed by atoms with E-state index >= 15 is 0 Å². The Balaban J connectivity index is 1.82. The summed E-state index contributed by atoms with van der Waals surface area (Å²) in [6, 6.07) is 4.17. The van der Waals surface area contributed by atoms with Crippen LogP contribution in [-0.4, -0.2) is 65.1 Å². The van der Waals surface area contributed by atoms with Crippen molar-refractivity contribution in [2.24, 2.45) is 0 Å². The van der Waals surface area contributed by atoms with E-state index in [0.29, 0.717) is 49.6 Å². The highest BCUT2D eigenvalue weighted by atomic mass is 32.2. The SMILES string of the molecule is O=C(CCCCc1cn(CCCS(=O)(=O)O)c2ccc(S(=O)(=O)O)cc12)NCCCCCCOP(=O)(O)O. The number of benzene rings is 1. The van der Waals surface area contributed by atoms with E-state index in [1.807, 2.05) is 0 Å². The summed E-state index contributed by atoms with van der Waals surface area (Å²) in [4.78, 5) is 29.0. The van der Waals surface area contributed by atoms with E-state index in [4.69, 9.17) is 14.3 Å². The number of aromatic nitrogens is 1. The smallest absolute Gasteiger partial charge is 0.356 e. The van der Waals surface area contributed by atoms with Crippen molar-refractivity contribution in [3.8, 4) is 0 Å². The predicted molar refractivity (Wildman–Crippen MR) is 140 cm³/mol. The number of unbranched alkanes of at least 4 members (excludes halogenated alkanes) is 4. The zero-order valence-electron chi connectivity index (χ0n) is 20.9. The van der Waals surface area contributed by atoms with Gasteiger partial charge in [0.25, 0.3) is 20.2 Å². The molecule has 1 heterocycles. The number of nitrogens with zero attached hydrogens (tertiary/aromatic N) is 1. The zero-order valence-corrected chi connectivity index (χ0v) is 23.4. The first kappa shape index (κ1) is 32.4. The maximum atomic E-state index is 12.1. The molecule has 38 heavy (non-hydrogen) atoms. The summed E-state index contributed by atoms with van der Waals surface area (Å²) in [5.41, 5.74) is 1.45. The molecule has 0 aliphatic rings. The average Bonchev–Trinajstić information content (AvgIpc) is 3.13. The van der Waals surface area contributed by atoms with E-state index in [0.717, 1.165) is 24.8 Å². The summed E-state index contributed by atoms with van der Waals surface area (Å²) in [6.07, 6.45) is 6.74. The third-order valence-corrected chi connectivity index (χ3v) is 7.96. The quantitative estimate of drug-likeness (QED) is 0.0956. The molecule has 216 valence electrons. The molecule has 0 radical (unpaired) electrons. The van der Waals surface area contributed by atoms with Crippen molar-refractivity contribution in [2.45, 2.75) is 69.2 Å². The van der Waals surface area contributed by atoms with Crippen molar-refractivity contribution in [3.05, 3.63) is 30.0 Å². The first-order valence-corrected chi connectivity index (χ1v) is 16.7. The van der Waals surface area contributed by atoms with E-state index < -0.39 is 33.8 Å². The number of aryl methyl sites for hydroxylation is 2. The normalized spacial score (nSPS) is 12.7. The van der Waals surface area contributed by atoms with Gasteiger partial charge < -0.3 is 19.7 Å². The monoisotopic (exact) mass is 598 g/mol. The first-order chi connectivity index (χ1) is 17.7. The topological polar surface area (TPSA) is 210 Å². The van der Waals surface area contributed by atoms with Crippen molar-refractivity contribution in [2.75, 3.05) is 18.9 Å². The summed E-state index contributed by atoms with van der Waals surface area (Å²) in [6.45, 7) is 0.755. The van der Waals surface area contributed by atoms with Gasteiger partial charge in [-0.1, -0.05) is 12.8 Å². The Bertz CT molecular complexity index is 1330. The largest absolute Gasteiger partial charge is 0.469 e. The van der Waals surface area contributed by atoms with Crippen LogP contribution in [0.25, 0.3) is 10.9 Å². The highest BCUT2D eigenvalue weighted by Crippen LogP contribution is 2.35. The zero-order chi connectivity index (χ0) is 28.4. The fraction of sp³-hybridized carbons (Fsp3) is 0.591. The highest BCUT2D eigenvalue weighted by molar-refractivity contribution is 7.86. The lowest BCUT2D eigenvalue weighted by atomic mass is 10.1. The molecule has 1 aromatic carbocycles. The van der Waals surface area contributed by atoms with Crippen molar-refractivity contribution in [1.82, 2.24) is 9.88 Å². The minimum atomic E-state index is -4.42. The molecular formula is C22H35N2O11PS2. The van der Waals surface area contributed by atoms with Crippen LogP contribution >= 0.6 is 7.82 Å². The lowest BCUT2D eigenvalue weighted by Crippen LogP contribution is -2.24. The van der Waals surface area contributed by atoms with Gasteiger partial charge in [-0.2, -0.15) is 16.8 Å². The van der Waals surface area contributed by atoms with Gasteiger partial charge in [0.2, 0.25) is 5.91 Å². The van der Waals surface area contributed by atoms with Gasteiger partial charge in [-0.3, -0.25) is 18.4 Å². The fourth-order valence-corrected chi connectivity index (χ4v) is 5.36. The minimum absolute atomic E-state index is 0.0169. The Hall–Kier alpha value is -1.84. The molecule has 2 aromatic rings. The van der Waals surface area contributed by atoms with Crippen LogP contribution in [0, 0.1) is 0 Å². The van der Waals surface area contributed by atoms with Crippen LogP contribution in [-0.2, 0) is 47.1 Å². The number of nitrogens with one attached hydrogen (secondary N) is 1. The van der Waals surface area contributed by atoms with Crippen molar-refractivity contribution in [1.29, 1.82) is 0 Å². The van der Waals surface area contributed by atoms with Crippen LogP contribution in [0.5, 0.6) is 0 Å².